The Hall–Kier alpha value is -2.78. The number of methoxy groups -OCH3 is 2. The van der Waals surface area contributed by atoms with Gasteiger partial charge in [-0.1, -0.05) is 23.7 Å². The van der Waals surface area contributed by atoms with Crippen molar-refractivity contribution in [3.63, 3.8) is 0 Å². The van der Waals surface area contributed by atoms with E-state index < -0.39 is 11.7 Å². The summed E-state index contributed by atoms with van der Waals surface area (Å²) in [7, 11) is 2.92. The molecular weight excluding hydrogens is 441 g/mol. The van der Waals surface area contributed by atoms with Gasteiger partial charge in [-0.2, -0.15) is 13.2 Å². The molecule has 0 saturated heterocycles. The van der Waals surface area contributed by atoms with Gasteiger partial charge in [0.1, 0.15) is 16.5 Å². The van der Waals surface area contributed by atoms with Crippen LogP contribution in [0.3, 0.4) is 0 Å². The molecule has 2 aromatic carbocycles. The number of anilines is 1. The molecule has 0 unspecified atom stereocenters. The van der Waals surface area contributed by atoms with Crippen LogP contribution in [0, 0.1) is 0 Å². The van der Waals surface area contributed by atoms with Gasteiger partial charge in [-0.25, -0.2) is 4.98 Å². The molecule has 0 radical (unpaired) electrons. The van der Waals surface area contributed by atoms with Crippen molar-refractivity contribution in [1.82, 2.24) is 4.98 Å². The molecule has 158 valence electrons. The number of carbonyl (C=O) groups is 1. The van der Waals surface area contributed by atoms with E-state index in [2.05, 4.69) is 10.3 Å². The minimum absolute atomic E-state index is 0.0239. The topological polar surface area (TPSA) is 60.5 Å². The zero-order valence-corrected chi connectivity index (χ0v) is 17.4. The Morgan fingerprint density at radius 3 is 2.40 bits per heavy atom. The molecule has 1 N–H and O–H groups in total. The van der Waals surface area contributed by atoms with E-state index in [1.165, 1.54) is 43.8 Å². The van der Waals surface area contributed by atoms with Crippen molar-refractivity contribution in [3.05, 3.63) is 58.1 Å². The van der Waals surface area contributed by atoms with Crippen molar-refractivity contribution in [2.45, 2.75) is 12.6 Å². The maximum Gasteiger partial charge on any atom is 0.416 e. The number of nitrogens with one attached hydrogen (secondary N) is 1. The third-order valence-electron chi connectivity index (χ3n) is 4.10. The smallest absolute Gasteiger partial charge is 0.416 e. The third kappa shape index (κ3) is 5.03. The second kappa shape index (κ2) is 8.93. The molecule has 0 spiro atoms. The summed E-state index contributed by atoms with van der Waals surface area (Å²) in [6, 6.07) is 7.80. The SMILES string of the molecule is COc1cc(OC)c(NC(=O)Cc2csc(-c3ccc(C(F)(F)F)cc3)n2)cc1Cl. The average molecular weight is 457 g/mol. The maximum atomic E-state index is 12.7. The predicted molar refractivity (Wildman–Crippen MR) is 109 cm³/mol. The highest BCUT2D eigenvalue weighted by Crippen LogP contribution is 2.36. The zero-order valence-electron chi connectivity index (χ0n) is 15.8. The summed E-state index contributed by atoms with van der Waals surface area (Å²) >= 11 is 7.34. The summed E-state index contributed by atoms with van der Waals surface area (Å²) in [6.07, 6.45) is -4.42. The molecule has 3 rings (SSSR count). The lowest BCUT2D eigenvalue weighted by Gasteiger charge is -2.12. The molecule has 10 heteroatoms. The van der Waals surface area contributed by atoms with E-state index in [1.807, 2.05) is 0 Å². The van der Waals surface area contributed by atoms with E-state index >= 15 is 0 Å². The number of benzene rings is 2. The molecule has 0 atom stereocenters. The number of rotatable bonds is 6. The van der Waals surface area contributed by atoms with Crippen LogP contribution in [0.5, 0.6) is 11.5 Å². The monoisotopic (exact) mass is 456 g/mol. The first kappa shape index (κ1) is 21.9. The van der Waals surface area contributed by atoms with Gasteiger partial charge in [-0.05, 0) is 18.2 Å². The molecule has 3 aromatic rings. The van der Waals surface area contributed by atoms with Crippen molar-refractivity contribution in [3.8, 4) is 22.1 Å². The zero-order chi connectivity index (χ0) is 21.9. The Balaban J connectivity index is 1.70. The number of alkyl halides is 3. The molecule has 0 bridgehead atoms. The molecule has 1 amide bonds. The van der Waals surface area contributed by atoms with Gasteiger partial charge in [0.25, 0.3) is 0 Å². The fourth-order valence-electron chi connectivity index (χ4n) is 2.64. The van der Waals surface area contributed by atoms with Gasteiger partial charge in [0.2, 0.25) is 5.91 Å². The lowest BCUT2D eigenvalue weighted by Crippen LogP contribution is -2.15. The Kier molecular flexibility index (Phi) is 6.52. The van der Waals surface area contributed by atoms with Gasteiger partial charge in [0, 0.05) is 17.0 Å². The number of halogens is 4. The van der Waals surface area contributed by atoms with Crippen LogP contribution in [-0.4, -0.2) is 25.1 Å². The molecule has 30 heavy (non-hydrogen) atoms. The summed E-state index contributed by atoms with van der Waals surface area (Å²) < 4.78 is 48.4. The Labute approximate surface area is 179 Å². The van der Waals surface area contributed by atoms with Gasteiger partial charge >= 0.3 is 6.18 Å². The molecule has 0 aliphatic rings. The number of nitrogens with zero attached hydrogens (tertiary/aromatic N) is 1. The molecule has 0 aliphatic heterocycles. The van der Waals surface area contributed by atoms with Gasteiger partial charge in [-0.3, -0.25) is 4.79 Å². The highest BCUT2D eigenvalue weighted by atomic mass is 35.5. The molecule has 1 heterocycles. The van der Waals surface area contributed by atoms with E-state index in [4.69, 9.17) is 21.1 Å². The van der Waals surface area contributed by atoms with Crippen LogP contribution in [0.2, 0.25) is 5.02 Å². The fourth-order valence-corrected chi connectivity index (χ4v) is 3.71. The number of hydrogen-bond donors (Lipinski definition) is 1. The predicted octanol–water partition coefficient (Wildman–Crippen LogP) is 5.68. The summed E-state index contributed by atoms with van der Waals surface area (Å²) in [5, 5.41) is 5.23. The van der Waals surface area contributed by atoms with E-state index in [9.17, 15) is 18.0 Å². The Bertz CT molecular complexity index is 1050. The van der Waals surface area contributed by atoms with Gasteiger partial charge in [-0.15, -0.1) is 11.3 Å². The number of hydrogen-bond acceptors (Lipinski definition) is 5. The lowest BCUT2D eigenvalue weighted by molar-refractivity contribution is -0.137. The number of amides is 1. The first-order chi connectivity index (χ1) is 14.2. The van der Waals surface area contributed by atoms with Gasteiger partial charge in [0.15, 0.2) is 0 Å². The molecule has 0 aliphatic carbocycles. The van der Waals surface area contributed by atoms with Crippen LogP contribution in [0.1, 0.15) is 11.3 Å². The summed E-state index contributed by atoms with van der Waals surface area (Å²) in [5.41, 5.74) is 0.690. The molecular formula is C20H16ClF3N2O3S. The quantitative estimate of drug-likeness (QED) is 0.518. The second-order valence-electron chi connectivity index (χ2n) is 6.13. The lowest BCUT2D eigenvalue weighted by atomic mass is 10.1. The van der Waals surface area contributed by atoms with Crippen LogP contribution >= 0.6 is 22.9 Å². The number of carbonyl (C=O) groups excluding carboxylic acids is 1. The molecule has 1 aromatic heterocycles. The largest absolute Gasteiger partial charge is 0.495 e. The average Bonchev–Trinajstić information content (AvgIpc) is 3.16. The van der Waals surface area contributed by atoms with Crippen molar-refractivity contribution in [2.75, 3.05) is 19.5 Å². The van der Waals surface area contributed by atoms with E-state index in [1.54, 1.807) is 11.4 Å². The normalized spacial score (nSPS) is 11.3. The Morgan fingerprint density at radius 2 is 1.80 bits per heavy atom. The first-order valence-corrected chi connectivity index (χ1v) is 9.80. The summed E-state index contributed by atoms with van der Waals surface area (Å²) in [6.45, 7) is 0. The highest BCUT2D eigenvalue weighted by molar-refractivity contribution is 7.13. The van der Waals surface area contributed by atoms with Gasteiger partial charge < -0.3 is 14.8 Å². The fraction of sp³-hybridized carbons (Fsp3) is 0.200. The van der Waals surface area contributed by atoms with Crippen molar-refractivity contribution in [2.24, 2.45) is 0 Å². The van der Waals surface area contributed by atoms with Crippen LogP contribution in [0.25, 0.3) is 10.6 Å². The number of thiazole rings is 1. The van der Waals surface area contributed by atoms with E-state index in [0.717, 1.165) is 12.1 Å². The van der Waals surface area contributed by atoms with Crippen LogP contribution in [-0.2, 0) is 17.4 Å². The molecule has 0 saturated carbocycles. The number of ether oxygens (including phenoxy) is 2. The van der Waals surface area contributed by atoms with Crippen molar-refractivity contribution < 1.29 is 27.4 Å². The minimum Gasteiger partial charge on any atom is -0.495 e. The van der Waals surface area contributed by atoms with Crippen LogP contribution in [0.15, 0.2) is 41.8 Å². The summed E-state index contributed by atoms with van der Waals surface area (Å²) in [4.78, 5) is 16.8. The van der Waals surface area contributed by atoms with E-state index in [-0.39, 0.29) is 12.3 Å². The second-order valence-corrected chi connectivity index (χ2v) is 7.40. The third-order valence-corrected chi connectivity index (χ3v) is 5.34. The minimum atomic E-state index is -4.39. The molecule has 5 nitrogen and oxygen atoms in total. The standard InChI is InChI=1S/C20H16ClF3N2O3S/c1-28-16-9-17(29-2)15(8-14(16)21)26-18(27)7-13-10-30-19(25-13)11-3-5-12(6-4-11)20(22,23)24/h3-6,8-10H,7H2,1-2H3,(H,26,27). The first-order valence-electron chi connectivity index (χ1n) is 8.54. The van der Waals surface area contributed by atoms with Crippen LogP contribution in [0.4, 0.5) is 18.9 Å². The van der Waals surface area contributed by atoms with Crippen molar-refractivity contribution in [1.29, 1.82) is 0 Å². The van der Waals surface area contributed by atoms with Crippen LogP contribution < -0.4 is 14.8 Å². The van der Waals surface area contributed by atoms with E-state index in [0.29, 0.717) is 38.5 Å². The Morgan fingerprint density at radius 1 is 1.13 bits per heavy atom. The molecule has 0 fully saturated rings. The van der Waals surface area contributed by atoms with Gasteiger partial charge in [0.05, 0.1) is 42.6 Å². The summed E-state index contributed by atoms with van der Waals surface area (Å²) in [5.74, 6) is 0.444. The number of aromatic nitrogens is 1. The highest BCUT2D eigenvalue weighted by Gasteiger charge is 2.30. The maximum absolute atomic E-state index is 12.7. The van der Waals surface area contributed by atoms with Crippen molar-refractivity contribution >= 4 is 34.5 Å².